The van der Waals surface area contributed by atoms with Gasteiger partial charge in [-0.15, -0.1) is 0 Å². The fraction of sp³-hybridized carbons (Fsp3) is 0.348. The van der Waals surface area contributed by atoms with Crippen LogP contribution in [0.5, 0.6) is 0 Å². The average Bonchev–Trinajstić information content (AvgIpc) is 3.08. The van der Waals surface area contributed by atoms with Gasteiger partial charge in [0.1, 0.15) is 12.1 Å². The number of benzene rings is 2. The van der Waals surface area contributed by atoms with E-state index >= 15 is 0 Å². The Hall–Kier alpha value is -3.35. The molecule has 0 radical (unpaired) electrons. The maximum absolute atomic E-state index is 12.3. The normalized spacial score (nSPS) is 13.9. The van der Waals surface area contributed by atoms with E-state index in [1.807, 2.05) is 48.5 Å². The first-order valence-electron chi connectivity index (χ1n) is 9.84. The Bertz CT molecular complexity index is 893. The minimum absolute atomic E-state index is 0.00963. The SMILES string of the molecule is CCOC(=O)C(CCC(=O)OC)N=C([O-])OCC1c2ccccc2-c2ccccc21. The van der Waals surface area contributed by atoms with E-state index in [-0.39, 0.29) is 32.0 Å². The van der Waals surface area contributed by atoms with Crippen LogP contribution in [0.2, 0.25) is 0 Å². The van der Waals surface area contributed by atoms with E-state index in [4.69, 9.17) is 9.47 Å². The van der Waals surface area contributed by atoms with Crippen LogP contribution in [0, 0.1) is 0 Å². The molecule has 2 aromatic carbocycles. The highest BCUT2D eigenvalue weighted by molar-refractivity contribution is 5.80. The molecule has 0 fully saturated rings. The van der Waals surface area contributed by atoms with Crippen LogP contribution >= 0.6 is 0 Å². The zero-order valence-electron chi connectivity index (χ0n) is 17.0. The highest BCUT2D eigenvalue weighted by Crippen LogP contribution is 2.44. The molecule has 1 aliphatic rings. The van der Waals surface area contributed by atoms with Gasteiger partial charge in [-0.25, -0.2) is 4.79 Å². The Morgan fingerprint density at radius 3 is 2.20 bits per heavy atom. The van der Waals surface area contributed by atoms with Gasteiger partial charge in [0.2, 0.25) is 0 Å². The van der Waals surface area contributed by atoms with Crippen molar-refractivity contribution in [3.05, 3.63) is 59.7 Å². The number of methoxy groups -OCH3 is 1. The first kappa shape index (κ1) is 21.4. The Kier molecular flexibility index (Phi) is 7.06. The molecule has 0 aromatic heterocycles. The van der Waals surface area contributed by atoms with Crippen molar-refractivity contribution in [3.8, 4) is 11.1 Å². The van der Waals surface area contributed by atoms with Crippen molar-refractivity contribution in [1.29, 1.82) is 0 Å². The maximum atomic E-state index is 12.3. The first-order valence-corrected chi connectivity index (χ1v) is 9.84. The Labute approximate surface area is 175 Å². The van der Waals surface area contributed by atoms with Crippen LogP contribution in [-0.2, 0) is 23.8 Å². The molecule has 0 saturated carbocycles. The van der Waals surface area contributed by atoms with E-state index in [1.54, 1.807) is 6.92 Å². The van der Waals surface area contributed by atoms with Gasteiger partial charge in [0.15, 0.2) is 0 Å². The minimum atomic E-state index is -1.11. The van der Waals surface area contributed by atoms with Crippen molar-refractivity contribution >= 4 is 18.0 Å². The van der Waals surface area contributed by atoms with E-state index in [2.05, 4.69) is 9.73 Å². The van der Waals surface area contributed by atoms with Crippen molar-refractivity contribution in [2.24, 2.45) is 4.99 Å². The summed E-state index contributed by atoms with van der Waals surface area (Å²) in [6.07, 6.45) is -0.907. The van der Waals surface area contributed by atoms with E-state index in [9.17, 15) is 14.7 Å². The van der Waals surface area contributed by atoms with Crippen molar-refractivity contribution < 1.29 is 28.9 Å². The Morgan fingerprint density at radius 1 is 1.03 bits per heavy atom. The van der Waals surface area contributed by atoms with Crippen LogP contribution in [0.4, 0.5) is 0 Å². The number of rotatable bonds is 8. The van der Waals surface area contributed by atoms with Gasteiger partial charge < -0.3 is 19.3 Å². The lowest BCUT2D eigenvalue weighted by Gasteiger charge is -2.22. The van der Waals surface area contributed by atoms with Crippen LogP contribution in [0.25, 0.3) is 11.1 Å². The van der Waals surface area contributed by atoms with E-state index in [0.717, 1.165) is 22.3 Å². The molecular formula is C23H24NO6-. The van der Waals surface area contributed by atoms with Crippen LogP contribution < -0.4 is 5.11 Å². The summed E-state index contributed by atoms with van der Waals surface area (Å²) in [5.41, 5.74) is 4.40. The molecule has 0 heterocycles. The van der Waals surface area contributed by atoms with Crippen molar-refractivity contribution in [1.82, 2.24) is 0 Å². The van der Waals surface area contributed by atoms with Crippen molar-refractivity contribution in [2.45, 2.75) is 31.7 Å². The first-order chi connectivity index (χ1) is 14.5. The summed E-state index contributed by atoms with van der Waals surface area (Å²) in [6, 6.07) is 14.9. The van der Waals surface area contributed by atoms with E-state index in [1.165, 1.54) is 7.11 Å². The van der Waals surface area contributed by atoms with Crippen LogP contribution in [-0.4, -0.2) is 44.4 Å². The number of hydrogen-bond donors (Lipinski definition) is 0. The molecule has 158 valence electrons. The fourth-order valence-corrected chi connectivity index (χ4v) is 3.59. The van der Waals surface area contributed by atoms with E-state index < -0.39 is 24.1 Å². The molecule has 0 aliphatic heterocycles. The lowest BCUT2D eigenvalue weighted by molar-refractivity contribution is -0.251. The number of carbonyl (C=O) groups excluding carboxylic acids is 2. The van der Waals surface area contributed by atoms with Gasteiger partial charge in [-0.3, -0.25) is 9.79 Å². The lowest BCUT2D eigenvalue weighted by Crippen LogP contribution is -2.30. The van der Waals surface area contributed by atoms with Crippen molar-refractivity contribution in [2.75, 3.05) is 20.3 Å². The third-order valence-electron chi connectivity index (χ3n) is 5.01. The summed E-state index contributed by atoms with van der Waals surface area (Å²) in [5.74, 6) is -1.27. The average molecular weight is 410 g/mol. The molecule has 0 spiro atoms. The zero-order chi connectivity index (χ0) is 21.5. The molecule has 7 nitrogen and oxygen atoms in total. The highest BCUT2D eigenvalue weighted by atomic mass is 16.6. The topological polar surface area (TPSA) is 97.3 Å². The molecule has 1 atom stereocenters. The minimum Gasteiger partial charge on any atom is -0.599 e. The second kappa shape index (κ2) is 9.91. The molecule has 0 bridgehead atoms. The largest absolute Gasteiger partial charge is 0.599 e. The van der Waals surface area contributed by atoms with Crippen molar-refractivity contribution in [3.63, 3.8) is 0 Å². The third kappa shape index (κ3) is 4.79. The van der Waals surface area contributed by atoms with Gasteiger partial charge in [-0.05, 0) is 35.6 Å². The third-order valence-corrected chi connectivity index (χ3v) is 5.01. The summed E-state index contributed by atoms with van der Waals surface area (Å²) >= 11 is 0. The summed E-state index contributed by atoms with van der Waals surface area (Å²) in [7, 11) is 1.25. The van der Waals surface area contributed by atoms with Gasteiger partial charge in [0, 0.05) is 18.9 Å². The number of carbonyl (C=O) groups is 2. The van der Waals surface area contributed by atoms with Gasteiger partial charge in [0.25, 0.3) is 0 Å². The number of aliphatic imine (C=N–C) groups is 1. The second-order valence-corrected chi connectivity index (χ2v) is 6.82. The summed E-state index contributed by atoms with van der Waals surface area (Å²) < 4.78 is 14.9. The molecule has 0 amide bonds. The quantitative estimate of drug-likeness (QED) is 0.377. The molecule has 0 N–H and O–H groups in total. The number of esters is 2. The summed E-state index contributed by atoms with van der Waals surface area (Å²) in [5, 5.41) is 12.3. The van der Waals surface area contributed by atoms with Gasteiger partial charge in [-0.2, -0.15) is 0 Å². The number of ether oxygens (including phenoxy) is 3. The number of nitrogens with zero attached hydrogens (tertiary/aromatic N) is 1. The molecule has 3 rings (SSSR count). The summed E-state index contributed by atoms with van der Waals surface area (Å²) in [4.78, 5) is 27.3. The lowest BCUT2D eigenvalue weighted by atomic mass is 9.98. The fourth-order valence-electron chi connectivity index (χ4n) is 3.59. The monoisotopic (exact) mass is 410 g/mol. The molecule has 7 heteroatoms. The van der Waals surface area contributed by atoms with Crippen LogP contribution in [0.1, 0.15) is 36.8 Å². The van der Waals surface area contributed by atoms with Crippen LogP contribution in [0.3, 0.4) is 0 Å². The zero-order valence-corrected chi connectivity index (χ0v) is 17.0. The second-order valence-electron chi connectivity index (χ2n) is 6.82. The molecular weight excluding hydrogens is 386 g/mol. The van der Waals surface area contributed by atoms with Gasteiger partial charge >= 0.3 is 11.9 Å². The smallest absolute Gasteiger partial charge is 0.330 e. The van der Waals surface area contributed by atoms with Gasteiger partial charge in [-0.1, -0.05) is 48.5 Å². The highest BCUT2D eigenvalue weighted by Gasteiger charge is 2.27. The molecule has 30 heavy (non-hydrogen) atoms. The standard InChI is InChI=1S/C23H25NO6/c1-3-29-22(26)20(12-13-21(25)28-2)24-23(27)30-14-19-17-10-6-4-8-15(17)16-9-5-7-11-18(16)19/h4-11,19-20H,3,12-14H2,1-2H3,(H,24,27)/p-1. The Morgan fingerprint density at radius 2 is 1.63 bits per heavy atom. The molecule has 1 unspecified atom stereocenters. The van der Waals surface area contributed by atoms with E-state index in [0.29, 0.717) is 0 Å². The predicted octanol–water partition coefficient (Wildman–Crippen LogP) is 2.42. The molecule has 1 aliphatic carbocycles. The number of hydrogen-bond acceptors (Lipinski definition) is 7. The maximum Gasteiger partial charge on any atom is 0.330 e. The summed E-state index contributed by atoms with van der Waals surface area (Å²) in [6.45, 7) is 1.90. The van der Waals surface area contributed by atoms with Gasteiger partial charge in [0.05, 0.1) is 13.7 Å². The molecule has 2 aromatic rings. The predicted molar refractivity (Wildman–Crippen MR) is 109 cm³/mol. The Balaban J connectivity index is 1.72. The molecule has 0 saturated heterocycles. The van der Waals surface area contributed by atoms with Crippen LogP contribution in [0.15, 0.2) is 53.5 Å². The number of fused-ring (bicyclic) bond motifs is 3.